The molecule has 2 aliphatic carbocycles. The Kier molecular flexibility index (Phi) is 2.16. The average Bonchev–Trinajstić information content (AvgIpc) is 2.74. The summed E-state index contributed by atoms with van der Waals surface area (Å²) in [4.78, 5) is 0. The highest BCUT2D eigenvalue weighted by Crippen LogP contribution is 2.42. The van der Waals surface area contributed by atoms with Gasteiger partial charge in [-0.05, 0) is 31.1 Å². The van der Waals surface area contributed by atoms with Gasteiger partial charge in [-0.3, -0.25) is 0 Å². The van der Waals surface area contributed by atoms with Crippen LogP contribution in [0.3, 0.4) is 0 Å². The van der Waals surface area contributed by atoms with Crippen LogP contribution < -0.4 is 5.73 Å². The summed E-state index contributed by atoms with van der Waals surface area (Å²) < 4.78 is 0. The molecule has 0 spiro atoms. The van der Waals surface area contributed by atoms with Crippen molar-refractivity contribution in [1.82, 2.24) is 0 Å². The molecule has 0 aromatic rings. The Morgan fingerprint density at radius 1 is 1.17 bits per heavy atom. The zero-order valence-electron chi connectivity index (χ0n) is 8.18. The minimum absolute atomic E-state index is 0.297. The third-order valence-corrected chi connectivity index (χ3v) is 3.72. The SMILES string of the molecule is CC1CCC(CC2(N)CC2)CC1. The van der Waals surface area contributed by atoms with Crippen LogP contribution in [-0.4, -0.2) is 5.54 Å². The maximum absolute atomic E-state index is 6.11. The van der Waals surface area contributed by atoms with E-state index in [1.54, 1.807) is 0 Å². The Bertz CT molecular complexity index is 152. The van der Waals surface area contributed by atoms with Gasteiger partial charge in [0.15, 0.2) is 0 Å². The van der Waals surface area contributed by atoms with Gasteiger partial charge in [-0.25, -0.2) is 0 Å². The molecular formula is C11H21N. The lowest BCUT2D eigenvalue weighted by atomic mass is 9.79. The van der Waals surface area contributed by atoms with Crippen LogP contribution in [-0.2, 0) is 0 Å². The molecular weight excluding hydrogens is 146 g/mol. The van der Waals surface area contributed by atoms with Crippen LogP contribution in [0.5, 0.6) is 0 Å². The first-order valence-corrected chi connectivity index (χ1v) is 5.47. The summed E-state index contributed by atoms with van der Waals surface area (Å²) in [5.41, 5.74) is 6.41. The van der Waals surface area contributed by atoms with E-state index in [1.807, 2.05) is 0 Å². The van der Waals surface area contributed by atoms with E-state index in [9.17, 15) is 0 Å². The summed E-state index contributed by atoms with van der Waals surface area (Å²) in [6.07, 6.45) is 9.68. The lowest BCUT2D eigenvalue weighted by Gasteiger charge is -2.28. The van der Waals surface area contributed by atoms with Crippen molar-refractivity contribution < 1.29 is 0 Å². The lowest BCUT2D eigenvalue weighted by molar-refractivity contribution is 0.260. The molecule has 1 heteroatoms. The fraction of sp³-hybridized carbons (Fsp3) is 1.00. The smallest absolute Gasteiger partial charge is 0.0158 e. The molecule has 2 rings (SSSR count). The van der Waals surface area contributed by atoms with Crippen molar-refractivity contribution in [2.75, 3.05) is 0 Å². The van der Waals surface area contributed by atoms with Gasteiger partial charge >= 0.3 is 0 Å². The Morgan fingerprint density at radius 2 is 1.75 bits per heavy atom. The third-order valence-electron chi connectivity index (χ3n) is 3.72. The molecule has 0 aromatic heterocycles. The van der Waals surface area contributed by atoms with E-state index in [0.717, 1.165) is 11.8 Å². The van der Waals surface area contributed by atoms with Gasteiger partial charge in [-0.2, -0.15) is 0 Å². The first kappa shape index (κ1) is 8.55. The molecule has 0 unspecified atom stereocenters. The second-order valence-corrected chi connectivity index (χ2v) is 5.19. The molecule has 0 radical (unpaired) electrons. The van der Waals surface area contributed by atoms with Crippen LogP contribution in [0.25, 0.3) is 0 Å². The number of hydrogen-bond acceptors (Lipinski definition) is 1. The monoisotopic (exact) mass is 167 g/mol. The quantitative estimate of drug-likeness (QED) is 0.672. The summed E-state index contributed by atoms with van der Waals surface area (Å²) >= 11 is 0. The molecule has 0 heterocycles. The molecule has 2 N–H and O–H groups in total. The third kappa shape index (κ3) is 2.01. The number of nitrogens with two attached hydrogens (primary N) is 1. The Labute approximate surface area is 75.7 Å². The van der Waals surface area contributed by atoms with Gasteiger partial charge in [0.2, 0.25) is 0 Å². The molecule has 0 atom stereocenters. The van der Waals surface area contributed by atoms with Crippen molar-refractivity contribution in [2.45, 2.75) is 57.4 Å². The molecule has 0 bridgehead atoms. The molecule has 12 heavy (non-hydrogen) atoms. The minimum Gasteiger partial charge on any atom is -0.325 e. The Balaban J connectivity index is 1.75. The number of hydrogen-bond donors (Lipinski definition) is 1. The standard InChI is InChI=1S/C11H21N/c1-9-2-4-10(5-3-9)8-11(12)6-7-11/h9-10H,2-8,12H2,1H3. The van der Waals surface area contributed by atoms with Crippen LogP contribution in [0.4, 0.5) is 0 Å². The van der Waals surface area contributed by atoms with Gasteiger partial charge in [0.1, 0.15) is 0 Å². The number of rotatable bonds is 2. The summed E-state index contributed by atoms with van der Waals surface area (Å²) in [5, 5.41) is 0. The van der Waals surface area contributed by atoms with Gasteiger partial charge in [0, 0.05) is 5.54 Å². The molecule has 0 amide bonds. The highest BCUT2D eigenvalue weighted by molar-refractivity contribution is 5.00. The van der Waals surface area contributed by atoms with Gasteiger partial charge in [-0.1, -0.05) is 32.6 Å². The van der Waals surface area contributed by atoms with Gasteiger partial charge < -0.3 is 5.73 Å². The predicted octanol–water partition coefficient (Wildman–Crippen LogP) is 2.69. The minimum atomic E-state index is 0.297. The van der Waals surface area contributed by atoms with Gasteiger partial charge in [-0.15, -0.1) is 0 Å². The van der Waals surface area contributed by atoms with Crippen LogP contribution >= 0.6 is 0 Å². The van der Waals surface area contributed by atoms with E-state index >= 15 is 0 Å². The molecule has 0 aromatic carbocycles. The zero-order chi connectivity index (χ0) is 8.60. The molecule has 0 aliphatic heterocycles. The maximum atomic E-state index is 6.11. The van der Waals surface area contributed by atoms with Crippen molar-refractivity contribution in [1.29, 1.82) is 0 Å². The summed E-state index contributed by atoms with van der Waals surface area (Å²) in [5.74, 6) is 1.95. The van der Waals surface area contributed by atoms with Crippen molar-refractivity contribution in [3.05, 3.63) is 0 Å². The van der Waals surface area contributed by atoms with Gasteiger partial charge in [0.05, 0.1) is 0 Å². The normalized spacial score (nSPS) is 39.5. The van der Waals surface area contributed by atoms with E-state index in [-0.39, 0.29) is 0 Å². The summed E-state index contributed by atoms with van der Waals surface area (Å²) in [6, 6.07) is 0. The van der Waals surface area contributed by atoms with Gasteiger partial charge in [0.25, 0.3) is 0 Å². The first-order valence-electron chi connectivity index (χ1n) is 5.47. The maximum Gasteiger partial charge on any atom is 0.0158 e. The molecule has 2 saturated carbocycles. The van der Waals surface area contributed by atoms with Crippen LogP contribution in [0.1, 0.15) is 51.9 Å². The molecule has 1 nitrogen and oxygen atoms in total. The van der Waals surface area contributed by atoms with Crippen molar-refractivity contribution in [2.24, 2.45) is 17.6 Å². The van der Waals surface area contributed by atoms with E-state index in [0.29, 0.717) is 5.54 Å². The second kappa shape index (κ2) is 3.02. The highest BCUT2D eigenvalue weighted by Gasteiger charge is 2.40. The fourth-order valence-corrected chi connectivity index (χ4v) is 2.47. The summed E-state index contributed by atoms with van der Waals surface area (Å²) in [7, 11) is 0. The van der Waals surface area contributed by atoms with Crippen LogP contribution in [0.15, 0.2) is 0 Å². The second-order valence-electron chi connectivity index (χ2n) is 5.19. The lowest BCUT2D eigenvalue weighted by Crippen LogP contribution is -2.27. The Hall–Kier alpha value is -0.0400. The summed E-state index contributed by atoms with van der Waals surface area (Å²) in [6.45, 7) is 2.38. The van der Waals surface area contributed by atoms with E-state index in [2.05, 4.69) is 6.92 Å². The molecule has 70 valence electrons. The topological polar surface area (TPSA) is 26.0 Å². The average molecular weight is 167 g/mol. The van der Waals surface area contributed by atoms with E-state index < -0.39 is 0 Å². The highest BCUT2D eigenvalue weighted by atomic mass is 14.8. The van der Waals surface area contributed by atoms with Crippen LogP contribution in [0.2, 0.25) is 0 Å². The van der Waals surface area contributed by atoms with Crippen molar-refractivity contribution in [3.63, 3.8) is 0 Å². The predicted molar refractivity (Wildman–Crippen MR) is 51.9 cm³/mol. The van der Waals surface area contributed by atoms with Crippen molar-refractivity contribution in [3.8, 4) is 0 Å². The largest absolute Gasteiger partial charge is 0.325 e. The zero-order valence-corrected chi connectivity index (χ0v) is 8.18. The molecule has 2 aliphatic rings. The van der Waals surface area contributed by atoms with E-state index in [1.165, 1.54) is 44.9 Å². The fourth-order valence-electron chi connectivity index (χ4n) is 2.47. The molecule has 2 fully saturated rings. The van der Waals surface area contributed by atoms with Crippen molar-refractivity contribution >= 4 is 0 Å². The van der Waals surface area contributed by atoms with E-state index in [4.69, 9.17) is 5.73 Å². The Morgan fingerprint density at radius 3 is 2.25 bits per heavy atom. The first-order chi connectivity index (χ1) is 5.68. The van der Waals surface area contributed by atoms with Crippen LogP contribution in [0, 0.1) is 11.8 Å². The molecule has 0 saturated heterocycles.